The lowest BCUT2D eigenvalue weighted by atomic mass is 9.73. The summed E-state index contributed by atoms with van der Waals surface area (Å²) in [7, 11) is 4.03. The Morgan fingerprint density at radius 3 is 2.45 bits per heavy atom. The summed E-state index contributed by atoms with van der Waals surface area (Å²) >= 11 is 0. The summed E-state index contributed by atoms with van der Waals surface area (Å²) < 4.78 is 1.85. The highest BCUT2D eigenvalue weighted by atomic mass is 16.1. The number of benzene rings is 1. The molecule has 0 amide bonds. The molecule has 2 aliphatic rings. The number of rotatable bonds is 3. The number of allylic oxidation sites excluding steroid dienone is 2. The second-order valence-electron chi connectivity index (χ2n) is 9.29. The quantitative estimate of drug-likeness (QED) is 0.696. The lowest BCUT2D eigenvalue weighted by Crippen LogP contribution is -2.36. The number of ketones is 1. The van der Waals surface area contributed by atoms with Crippen LogP contribution in [0.4, 0.5) is 11.6 Å². The van der Waals surface area contributed by atoms with Crippen LogP contribution in [0.2, 0.25) is 0 Å². The van der Waals surface area contributed by atoms with E-state index in [0.717, 1.165) is 34.5 Å². The monoisotopic (exact) mass is 414 g/mol. The fourth-order valence-electron chi connectivity index (χ4n) is 4.49. The number of nitrogens with zero attached hydrogens (tertiary/aromatic N) is 5. The molecule has 3 heterocycles. The second-order valence-corrected chi connectivity index (χ2v) is 9.29. The van der Waals surface area contributed by atoms with Gasteiger partial charge in [-0.25, -0.2) is 4.68 Å². The van der Waals surface area contributed by atoms with Gasteiger partial charge in [-0.05, 0) is 53.8 Å². The maximum atomic E-state index is 13.2. The number of aromatic nitrogens is 4. The maximum absolute atomic E-state index is 13.2. The molecule has 1 aliphatic heterocycles. The Balaban J connectivity index is 1.62. The number of anilines is 2. The Morgan fingerprint density at radius 1 is 1.06 bits per heavy atom. The number of hydrogen-bond donors (Lipinski definition) is 1. The summed E-state index contributed by atoms with van der Waals surface area (Å²) in [5, 5.41) is 8.27. The van der Waals surface area contributed by atoms with Gasteiger partial charge < -0.3 is 10.2 Å². The first-order valence-corrected chi connectivity index (χ1v) is 10.5. The summed E-state index contributed by atoms with van der Waals surface area (Å²) in [4.78, 5) is 24.2. The zero-order valence-electron chi connectivity index (χ0n) is 18.3. The van der Waals surface area contributed by atoms with Crippen molar-refractivity contribution in [2.75, 3.05) is 24.3 Å². The van der Waals surface area contributed by atoms with Gasteiger partial charge in [-0.3, -0.25) is 9.78 Å². The normalized spacial score (nSPS) is 19.5. The molecule has 0 spiro atoms. The van der Waals surface area contributed by atoms with Crippen LogP contribution in [0, 0.1) is 5.41 Å². The van der Waals surface area contributed by atoms with Gasteiger partial charge in [0, 0.05) is 55.4 Å². The van der Waals surface area contributed by atoms with Gasteiger partial charge >= 0.3 is 0 Å². The van der Waals surface area contributed by atoms with Crippen molar-refractivity contribution >= 4 is 17.4 Å². The van der Waals surface area contributed by atoms with Crippen molar-refractivity contribution in [1.82, 2.24) is 19.7 Å². The predicted molar refractivity (Wildman–Crippen MR) is 121 cm³/mol. The summed E-state index contributed by atoms with van der Waals surface area (Å²) in [5.74, 6) is 1.47. The van der Waals surface area contributed by atoms with Crippen LogP contribution in [0.15, 0.2) is 60.1 Å². The molecule has 1 unspecified atom stereocenters. The third kappa shape index (κ3) is 3.40. The van der Waals surface area contributed by atoms with E-state index >= 15 is 0 Å². The first-order valence-electron chi connectivity index (χ1n) is 10.5. The lowest BCUT2D eigenvalue weighted by Gasteiger charge is -2.38. The van der Waals surface area contributed by atoms with E-state index in [4.69, 9.17) is 10.1 Å². The van der Waals surface area contributed by atoms with Crippen LogP contribution in [0.25, 0.3) is 11.4 Å². The average Bonchev–Trinajstić information content (AvgIpc) is 3.15. The largest absolute Gasteiger partial charge is 0.378 e. The van der Waals surface area contributed by atoms with Gasteiger partial charge in [0.1, 0.15) is 6.04 Å². The zero-order valence-corrected chi connectivity index (χ0v) is 18.3. The number of Topliss-reactive ketones (excluding diaryl/α,β-unsaturated/α-hetero) is 1. The summed E-state index contributed by atoms with van der Waals surface area (Å²) in [6.07, 6.45) is 4.84. The summed E-state index contributed by atoms with van der Waals surface area (Å²) in [6.45, 7) is 4.27. The number of nitrogens with one attached hydrogen (secondary N) is 1. The molecule has 1 aliphatic carbocycles. The molecule has 1 aromatic carbocycles. The summed E-state index contributed by atoms with van der Waals surface area (Å²) in [6, 6.07) is 11.8. The minimum atomic E-state index is -0.305. The van der Waals surface area contributed by atoms with E-state index < -0.39 is 0 Å². The number of hydrogen-bond acceptors (Lipinski definition) is 6. The molecule has 0 fully saturated rings. The van der Waals surface area contributed by atoms with Crippen LogP contribution in [-0.4, -0.2) is 39.6 Å². The van der Waals surface area contributed by atoms with E-state index in [1.807, 2.05) is 43.0 Å². The molecule has 0 bridgehead atoms. The van der Waals surface area contributed by atoms with Crippen molar-refractivity contribution in [1.29, 1.82) is 0 Å². The topological polar surface area (TPSA) is 75.9 Å². The number of carbonyl (C=O) groups is 1. The second kappa shape index (κ2) is 7.04. The molecular weight excluding hydrogens is 388 g/mol. The molecule has 1 N–H and O–H groups in total. The number of fused-ring (bicyclic) bond motifs is 1. The number of pyridine rings is 1. The third-order valence-corrected chi connectivity index (χ3v) is 6.00. The SMILES string of the molecule is CN(C)c1ccc(-c2nc3n(n2)C(c2ccncc2)C2=C(CC(C)(C)CC2=O)N3)cc1. The third-order valence-electron chi connectivity index (χ3n) is 6.00. The molecule has 7 heteroatoms. The van der Waals surface area contributed by atoms with Gasteiger partial charge in [-0.2, -0.15) is 4.98 Å². The first kappa shape index (κ1) is 19.5. The van der Waals surface area contributed by atoms with E-state index in [0.29, 0.717) is 18.2 Å². The standard InChI is InChI=1S/C24H26N6O/c1-24(2)13-18-20(19(31)14-24)21(15-9-11-25-12-10-15)30-23(26-18)27-22(28-30)16-5-7-17(8-6-16)29(3)4/h5-12,21H,13-14H2,1-4H3,(H,26,27,28). The smallest absolute Gasteiger partial charge is 0.226 e. The predicted octanol–water partition coefficient (Wildman–Crippen LogP) is 4.06. The van der Waals surface area contributed by atoms with Crippen molar-refractivity contribution in [3.63, 3.8) is 0 Å². The van der Waals surface area contributed by atoms with Gasteiger partial charge in [-0.15, -0.1) is 5.10 Å². The van der Waals surface area contributed by atoms with E-state index in [2.05, 4.69) is 41.2 Å². The van der Waals surface area contributed by atoms with Crippen molar-refractivity contribution in [3.8, 4) is 11.4 Å². The van der Waals surface area contributed by atoms with Gasteiger partial charge in [0.25, 0.3) is 0 Å². The Morgan fingerprint density at radius 2 is 1.77 bits per heavy atom. The van der Waals surface area contributed by atoms with Crippen LogP contribution in [0.5, 0.6) is 0 Å². The highest BCUT2D eigenvalue weighted by Gasteiger charge is 2.41. The highest BCUT2D eigenvalue weighted by molar-refractivity contribution is 6.00. The van der Waals surface area contributed by atoms with Gasteiger partial charge in [0.2, 0.25) is 5.95 Å². The van der Waals surface area contributed by atoms with Crippen LogP contribution in [0.3, 0.4) is 0 Å². The molecule has 0 saturated carbocycles. The van der Waals surface area contributed by atoms with E-state index in [9.17, 15) is 4.79 Å². The molecule has 2 aromatic heterocycles. The van der Waals surface area contributed by atoms with Crippen LogP contribution < -0.4 is 10.2 Å². The Labute approximate surface area is 181 Å². The fraction of sp³-hybridized carbons (Fsp3) is 0.333. The molecule has 0 radical (unpaired) electrons. The minimum Gasteiger partial charge on any atom is -0.378 e. The van der Waals surface area contributed by atoms with E-state index in [1.165, 1.54) is 0 Å². The first-order chi connectivity index (χ1) is 14.8. The van der Waals surface area contributed by atoms with Crippen LogP contribution >= 0.6 is 0 Å². The Kier molecular flexibility index (Phi) is 4.43. The van der Waals surface area contributed by atoms with Crippen molar-refractivity contribution in [3.05, 3.63) is 65.6 Å². The summed E-state index contributed by atoms with van der Waals surface area (Å²) in [5.41, 5.74) is 4.70. The molecule has 1 atom stereocenters. The van der Waals surface area contributed by atoms with Gasteiger partial charge in [0.15, 0.2) is 11.6 Å². The number of carbonyl (C=O) groups excluding carboxylic acids is 1. The van der Waals surface area contributed by atoms with Crippen molar-refractivity contribution < 1.29 is 4.79 Å². The van der Waals surface area contributed by atoms with Crippen LogP contribution in [-0.2, 0) is 4.79 Å². The molecular formula is C24H26N6O. The minimum absolute atomic E-state index is 0.0846. The fourth-order valence-corrected chi connectivity index (χ4v) is 4.49. The maximum Gasteiger partial charge on any atom is 0.226 e. The molecule has 3 aromatic rings. The van der Waals surface area contributed by atoms with Crippen molar-refractivity contribution in [2.24, 2.45) is 5.41 Å². The highest BCUT2D eigenvalue weighted by Crippen LogP contribution is 2.45. The zero-order chi connectivity index (χ0) is 21.8. The molecule has 7 nitrogen and oxygen atoms in total. The lowest BCUT2D eigenvalue weighted by molar-refractivity contribution is -0.118. The average molecular weight is 415 g/mol. The molecule has 0 saturated heterocycles. The van der Waals surface area contributed by atoms with Crippen molar-refractivity contribution in [2.45, 2.75) is 32.7 Å². The molecule has 158 valence electrons. The van der Waals surface area contributed by atoms with Gasteiger partial charge in [-0.1, -0.05) is 13.8 Å². The molecule has 5 rings (SSSR count). The van der Waals surface area contributed by atoms with E-state index in [1.54, 1.807) is 12.4 Å². The Hall–Kier alpha value is -3.48. The van der Waals surface area contributed by atoms with Gasteiger partial charge in [0.05, 0.1) is 0 Å². The van der Waals surface area contributed by atoms with E-state index in [-0.39, 0.29) is 17.2 Å². The molecule has 31 heavy (non-hydrogen) atoms. The Bertz CT molecular complexity index is 1170. The van der Waals surface area contributed by atoms with Crippen LogP contribution in [0.1, 0.15) is 38.3 Å².